The summed E-state index contributed by atoms with van der Waals surface area (Å²) >= 11 is 0. The van der Waals surface area contributed by atoms with E-state index in [0.29, 0.717) is 17.9 Å². The molecular formula is C14H21FN4O. The highest BCUT2D eigenvalue weighted by atomic mass is 19.1. The number of anilines is 1. The SMILES string of the molecule is COCC1CCC2CN(c3ncc(F)cn3)CCN2C1. The van der Waals surface area contributed by atoms with E-state index in [0.717, 1.165) is 32.8 Å². The van der Waals surface area contributed by atoms with E-state index < -0.39 is 0 Å². The summed E-state index contributed by atoms with van der Waals surface area (Å²) in [5.74, 6) is 0.919. The third-order valence-electron chi connectivity index (χ3n) is 4.30. The Balaban J connectivity index is 1.61. The van der Waals surface area contributed by atoms with Crippen LogP contribution in [0.3, 0.4) is 0 Å². The number of nitrogens with zero attached hydrogens (tertiary/aromatic N) is 4. The number of hydrogen-bond acceptors (Lipinski definition) is 5. The second kappa shape index (κ2) is 6.01. The van der Waals surface area contributed by atoms with Crippen molar-refractivity contribution in [3.8, 4) is 0 Å². The molecule has 1 aromatic rings. The molecule has 3 heterocycles. The van der Waals surface area contributed by atoms with Gasteiger partial charge in [0, 0.05) is 39.3 Å². The maximum absolute atomic E-state index is 12.9. The maximum atomic E-state index is 12.9. The predicted molar refractivity (Wildman–Crippen MR) is 74.2 cm³/mol. The van der Waals surface area contributed by atoms with Crippen LogP contribution in [0.4, 0.5) is 10.3 Å². The number of piperidine rings is 1. The molecule has 0 aliphatic carbocycles. The quantitative estimate of drug-likeness (QED) is 0.831. The van der Waals surface area contributed by atoms with Crippen molar-refractivity contribution in [2.24, 2.45) is 5.92 Å². The largest absolute Gasteiger partial charge is 0.384 e. The van der Waals surface area contributed by atoms with Crippen LogP contribution in [0.2, 0.25) is 0 Å². The van der Waals surface area contributed by atoms with Crippen LogP contribution in [0.15, 0.2) is 12.4 Å². The van der Waals surface area contributed by atoms with Gasteiger partial charge in [-0.25, -0.2) is 14.4 Å². The van der Waals surface area contributed by atoms with Gasteiger partial charge in [-0.05, 0) is 18.8 Å². The van der Waals surface area contributed by atoms with Crippen LogP contribution in [0.5, 0.6) is 0 Å². The van der Waals surface area contributed by atoms with Crippen LogP contribution >= 0.6 is 0 Å². The van der Waals surface area contributed by atoms with Crippen molar-refractivity contribution in [2.45, 2.75) is 18.9 Å². The highest BCUT2D eigenvalue weighted by Crippen LogP contribution is 2.26. The summed E-state index contributed by atoms with van der Waals surface area (Å²) in [6, 6.07) is 0.561. The molecule has 0 N–H and O–H groups in total. The van der Waals surface area contributed by atoms with E-state index in [2.05, 4.69) is 19.8 Å². The lowest BCUT2D eigenvalue weighted by molar-refractivity contribution is 0.0516. The Morgan fingerprint density at radius 2 is 2.05 bits per heavy atom. The van der Waals surface area contributed by atoms with E-state index >= 15 is 0 Å². The second-order valence-corrected chi connectivity index (χ2v) is 5.69. The lowest BCUT2D eigenvalue weighted by Crippen LogP contribution is -2.57. The molecule has 0 saturated carbocycles. The number of aromatic nitrogens is 2. The first-order valence-corrected chi connectivity index (χ1v) is 7.21. The molecule has 6 heteroatoms. The summed E-state index contributed by atoms with van der Waals surface area (Å²) in [6.45, 7) is 4.84. The average molecular weight is 280 g/mol. The molecule has 2 saturated heterocycles. The van der Waals surface area contributed by atoms with Gasteiger partial charge < -0.3 is 9.64 Å². The molecule has 2 aliphatic heterocycles. The van der Waals surface area contributed by atoms with Gasteiger partial charge >= 0.3 is 0 Å². The summed E-state index contributed by atoms with van der Waals surface area (Å²) in [5, 5.41) is 0. The lowest BCUT2D eigenvalue weighted by Gasteiger charge is -2.46. The molecular weight excluding hydrogens is 259 g/mol. The Morgan fingerprint density at radius 3 is 2.80 bits per heavy atom. The number of halogens is 1. The summed E-state index contributed by atoms with van der Waals surface area (Å²) in [4.78, 5) is 12.9. The van der Waals surface area contributed by atoms with Gasteiger partial charge in [0.2, 0.25) is 5.95 Å². The first-order chi connectivity index (χ1) is 9.76. The maximum Gasteiger partial charge on any atom is 0.225 e. The zero-order valence-electron chi connectivity index (χ0n) is 11.8. The van der Waals surface area contributed by atoms with Crippen molar-refractivity contribution in [2.75, 3.05) is 44.8 Å². The first-order valence-electron chi connectivity index (χ1n) is 7.21. The number of ether oxygens (including phenoxy) is 1. The zero-order chi connectivity index (χ0) is 13.9. The summed E-state index contributed by atoms with van der Waals surface area (Å²) in [7, 11) is 1.77. The highest BCUT2D eigenvalue weighted by Gasteiger charge is 2.33. The van der Waals surface area contributed by atoms with Crippen molar-refractivity contribution in [3.63, 3.8) is 0 Å². The van der Waals surface area contributed by atoms with Gasteiger partial charge in [0.1, 0.15) is 0 Å². The van der Waals surface area contributed by atoms with Gasteiger partial charge in [-0.1, -0.05) is 0 Å². The minimum Gasteiger partial charge on any atom is -0.384 e. The van der Waals surface area contributed by atoms with Crippen molar-refractivity contribution >= 4 is 5.95 Å². The second-order valence-electron chi connectivity index (χ2n) is 5.69. The molecule has 2 atom stereocenters. The molecule has 2 aliphatic rings. The van der Waals surface area contributed by atoms with Gasteiger partial charge in [0.15, 0.2) is 5.82 Å². The Kier molecular flexibility index (Phi) is 4.12. The average Bonchev–Trinajstić information content (AvgIpc) is 2.48. The van der Waals surface area contributed by atoms with E-state index in [1.54, 1.807) is 7.11 Å². The molecule has 1 aromatic heterocycles. The topological polar surface area (TPSA) is 41.5 Å². The van der Waals surface area contributed by atoms with Crippen molar-refractivity contribution in [1.29, 1.82) is 0 Å². The summed E-state index contributed by atoms with van der Waals surface area (Å²) in [6.07, 6.45) is 4.88. The molecule has 2 fully saturated rings. The van der Waals surface area contributed by atoms with Crippen LogP contribution in [0, 0.1) is 11.7 Å². The van der Waals surface area contributed by atoms with Crippen LogP contribution in [0.25, 0.3) is 0 Å². The molecule has 2 unspecified atom stereocenters. The zero-order valence-corrected chi connectivity index (χ0v) is 11.8. The van der Waals surface area contributed by atoms with Crippen LogP contribution < -0.4 is 4.90 Å². The van der Waals surface area contributed by atoms with Crippen molar-refractivity contribution in [1.82, 2.24) is 14.9 Å². The Bertz CT molecular complexity index is 441. The third kappa shape index (κ3) is 2.91. The van der Waals surface area contributed by atoms with Gasteiger partial charge in [-0.2, -0.15) is 0 Å². The third-order valence-corrected chi connectivity index (χ3v) is 4.30. The van der Waals surface area contributed by atoms with Gasteiger partial charge in [0.05, 0.1) is 19.0 Å². The predicted octanol–water partition coefficient (Wildman–Crippen LogP) is 1.16. The summed E-state index contributed by atoms with van der Waals surface area (Å²) < 4.78 is 18.1. The van der Waals surface area contributed by atoms with Crippen molar-refractivity contribution < 1.29 is 9.13 Å². The Morgan fingerprint density at radius 1 is 1.25 bits per heavy atom. The summed E-state index contributed by atoms with van der Waals surface area (Å²) in [5.41, 5.74) is 0. The van der Waals surface area contributed by atoms with Crippen molar-refractivity contribution in [3.05, 3.63) is 18.2 Å². The minimum absolute atomic E-state index is 0.382. The minimum atomic E-state index is -0.382. The molecule has 0 radical (unpaired) electrons. The van der Waals surface area contributed by atoms with Crippen LogP contribution in [0.1, 0.15) is 12.8 Å². The monoisotopic (exact) mass is 280 g/mol. The van der Waals surface area contributed by atoms with Gasteiger partial charge in [-0.3, -0.25) is 4.90 Å². The molecule has 0 amide bonds. The van der Waals surface area contributed by atoms with Crippen LogP contribution in [-0.4, -0.2) is 60.8 Å². The molecule has 3 rings (SSSR count). The Labute approximate surface area is 118 Å². The van der Waals surface area contributed by atoms with Gasteiger partial charge in [0.25, 0.3) is 0 Å². The molecule has 20 heavy (non-hydrogen) atoms. The van der Waals surface area contributed by atoms with E-state index in [1.165, 1.54) is 25.2 Å². The molecule has 0 spiro atoms. The fourth-order valence-electron chi connectivity index (χ4n) is 3.28. The van der Waals surface area contributed by atoms with E-state index in [4.69, 9.17) is 4.74 Å². The smallest absolute Gasteiger partial charge is 0.225 e. The molecule has 0 aromatic carbocycles. The number of methoxy groups -OCH3 is 1. The fraction of sp³-hybridized carbons (Fsp3) is 0.714. The number of piperazine rings is 1. The van der Waals surface area contributed by atoms with E-state index in [1.807, 2.05) is 0 Å². The number of hydrogen-bond donors (Lipinski definition) is 0. The fourth-order valence-corrected chi connectivity index (χ4v) is 3.28. The van der Waals surface area contributed by atoms with Gasteiger partial charge in [-0.15, -0.1) is 0 Å². The lowest BCUT2D eigenvalue weighted by atomic mass is 9.91. The standard InChI is InChI=1S/C14H21FN4O/c1-20-10-11-2-3-13-9-19(5-4-18(13)8-11)14-16-6-12(15)7-17-14/h6-7,11,13H,2-5,8-10H2,1H3. The van der Waals surface area contributed by atoms with Crippen LogP contribution in [-0.2, 0) is 4.74 Å². The molecule has 110 valence electrons. The number of fused-ring (bicyclic) bond motifs is 1. The number of rotatable bonds is 3. The molecule has 0 bridgehead atoms. The normalized spacial score (nSPS) is 27.4. The van der Waals surface area contributed by atoms with E-state index in [-0.39, 0.29) is 5.82 Å². The Hall–Kier alpha value is -1.27. The molecule has 5 nitrogen and oxygen atoms in total. The van der Waals surface area contributed by atoms with E-state index in [9.17, 15) is 4.39 Å². The first kappa shape index (κ1) is 13.7. The highest BCUT2D eigenvalue weighted by molar-refractivity contribution is 5.30.